The highest BCUT2D eigenvalue weighted by Gasteiger charge is 2.46. The highest BCUT2D eigenvalue weighted by Crippen LogP contribution is 2.40. The van der Waals surface area contributed by atoms with Gasteiger partial charge in [-0.15, -0.1) is 0 Å². The fourth-order valence-electron chi connectivity index (χ4n) is 3.96. The number of benzene rings is 2. The molecule has 170 valence electrons. The van der Waals surface area contributed by atoms with Crippen LogP contribution in [-0.2, 0) is 9.59 Å². The van der Waals surface area contributed by atoms with E-state index in [1.165, 1.54) is 11.0 Å². The van der Waals surface area contributed by atoms with Gasteiger partial charge in [0.15, 0.2) is 0 Å². The molecule has 1 aliphatic heterocycles. The minimum atomic E-state index is -0.995. The zero-order valence-corrected chi connectivity index (χ0v) is 18.9. The van der Waals surface area contributed by atoms with Crippen LogP contribution in [-0.4, -0.2) is 60.4 Å². The topological polar surface area (TPSA) is 70.1 Å². The lowest BCUT2D eigenvalue weighted by molar-refractivity contribution is -0.140. The lowest BCUT2D eigenvalue weighted by Crippen LogP contribution is -2.32. The fourth-order valence-corrected chi connectivity index (χ4v) is 3.96. The average Bonchev–Trinajstić information content (AvgIpc) is 3.00. The molecule has 7 heteroatoms. The minimum absolute atomic E-state index is 0.103. The molecule has 0 saturated carbocycles. The first kappa shape index (κ1) is 23.5. The van der Waals surface area contributed by atoms with Gasteiger partial charge in [0.25, 0.3) is 11.7 Å². The molecule has 6 nitrogen and oxygen atoms in total. The predicted molar refractivity (Wildman–Crippen MR) is 121 cm³/mol. The summed E-state index contributed by atoms with van der Waals surface area (Å²) in [5, 5.41) is 11.1. The van der Waals surface area contributed by atoms with Gasteiger partial charge < -0.3 is 19.6 Å². The molecule has 1 heterocycles. The number of hydrogen-bond acceptors (Lipinski definition) is 5. The van der Waals surface area contributed by atoms with Crippen LogP contribution < -0.4 is 4.74 Å². The van der Waals surface area contributed by atoms with Gasteiger partial charge in [-0.1, -0.05) is 18.2 Å². The standard InChI is InChI=1S/C25H29FN2O4/c1-5-32-20-12-11-17(15-16(20)2)23(29)21-22(18-9-6-7-10-19(18)26)28(25(31)24(21)30)14-8-13-27(3)4/h6-7,9-12,15,22,29H,5,8,13-14H2,1-4H3. The molecule has 1 aliphatic rings. The van der Waals surface area contributed by atoms with Crippen LogP contribution in [0.1, 0.15) is 36.1 Å². The number of hydrogen-bond donors (Lipinski definition) is 1. The number of aliphatic hydroxyl groups is 1. The lowest BCUT2D eigenvalue weighted by Gasteiger charge is -2.26. The van der Waals surface area contributed by atoms with Crippen molar-refractivity contribution in [2.45, 2.75) is 26.3 Å². The summed E-state index contributed by atoms with van der Waals surface area (Å²) in [6.07, 6.45) is 0.604. The van der Waals surface area contributed by atoms with Crippen LogP contribution in [0.25, 0.3) is 5.76 Å². The molecule has 3 rings (SSSR count). The Morgan fingerprint density at radius 3 is 2.53 bits per heavy atom. The zero-order chi connectivity index (χ0) is 23.4. The Hall–Kier alpha value is -3.19. The monoisotopic (exact) mass is 440 g/mol. The molecule has 1 N–H and O–H groups in total. The summed E-state index contributed by atoms with van der Waals surface area (Å²) in [6.45, 7) is 5.17. The van der Waals surface area contributed by atoms with E-state index in [0.717, 1.165) is 5.56 Å². The molecule has 0 radical (unpaired) electrons. The number of aliphatic hydroxyl groups excluding tert-OH is 1. The van der Waals surface area contributed by atoms with E-state index in [9.17, 15) is 19.1 Å². The third-order valence-corrected chi connectivity index (χ3v) is 5.49. The number of Topliss-reactive ketones (excluding diaryl/α,β-unsaturated/α-hetero) is 1. The van der Waals surface area contributed by atoms with Crippen molar-refractivity contribution in [2.24, 2.45) is 0 Å². The van der Waals surface area contributed by atoms with E-state index in [4.69, 9.17) is 4.74 Å². The van der Waals surface area contributed by atoms with Gasteiger partial charge >= 0.3 is 0 Å². The van der Waals surface area contributed by atoms with Gasteiger partial charge in [0.1, 0.15) is 17.3 Å². The quantitative estimate of drug-likeness (QED) is 0.383. The summed E-state index contributed by atoms with van der Waals surface area (Å²) in [4.78, 5) is 29.2. The largest absolute Gasteiger partial charge is 0.507 e. The summed E-state index contributed by atoms with van der Waals surface area (Å²) >= 11 is 0. The van der Waals surface area contributed by atoms with Crippen molar-refractivity contribution >= 4 is 17.4 Å². The highest BCUT2D eigenvalue weighted by atomic mass is 19.1. The van der Waals surface area contributed by atoms with Gasteiger partial charge in [-0.2, -0.15) is 0 Å². The number of ketones is 1. The first-order chi connectivity index (χ1) is 15.3. The van der Waals surface area contributed by atoms with Crippen molar-refractivity contribution in [3.63, 3.8) is 0 Å². The van der Waals surface area contributed by atoms with Crippen LogP contribution in [0.15, 0.2) is 48.0 Å². The normalized spacial score (nSPS) is 17.9. The Morgan fingerprint density at radius 1 is 1.19 bits per heavy atom. The van der Waals surface area contributed by atoms with Crippen LogP contribution in [0.2, 0.25) is 0 Å². The number of carbonyl (C=O) groups excluding carboxylic acids is 2. The molecule has 32 heavy (non-hydrogen) atoms. The minimum Gasteiger partial charge on any atom is -0.507 e. The van der Waals surface area contributed by atoms with Crippen molar-refractivity contribution in [3.05, 3.63) is 70.5 Å². The maximum atomic E-state index is 14.8. The Kier molecular flexibility index (Phi) is 7.30. The summed E-state index contributed by atoms with van der Waals surface area (Å²) in [7, 11) is 3.83. The number of amides is 1. The Bertz CT molecular complexity index is 1050. The van der Waals surface area contributed by atoms with Crippen LogP contribution in [0.4, 0.5) is 4.39 Å². The molecular weight excluding hydrogens is 411 g/mol. The maximum Gasteiger partial charge on any atom is 0.295 e. The molecule has 2 aromatic rings. The Morgan fingerprint density at radius 2 is 1.91 bits per heavy atom. The first-order valence-electron chi connectivity index (χ1n) is 10.7. The van der Waals surface area contributed by atoms with Crippen LogP contribution in [0, 0.1) is 12.7 Å². The molecular formula is C25H29FN2O4. The van der Waals surface area contributed by atoms with Crippen LogP contribution in [0.3, 0.4) is 0 Å². The van der Waals surface area contributed by atoms with Crippen molar-refractivity contribution < 1.29 is 23.8 Å². The van der Waals surface area contributed by atoms with E-state index >= 15 is 0 Å². The second-order valence-electron chi connectivity index (χ2n) is 8.08. The van der Waals surface area contributed by atoms with E-state index in [0.29, 0.717) is 30.9 Å². The Labute approximate surface area is 187 Å². The molecule has 0 aromatic heterocycles. The van der Waals surface area contributed by atoms with E-state index < -0.39 is 23.5 Å². The number of rotatable bonds is 8. The van der Waals surface area contributed by atoms with Crippen molar-refractivity contribution in [1.82, 2.24) is 9.80 Å². The lowest BCUT2D eigenvalue weighted by atomic mass is 9.94. The van der Waals surface area contributed by atoms with Gasteiger partial charge in [0, 0.05) is 17.7 Å². The van der Waals surface area contributed by atoms with Crippen molar-refractivity contribution in [1.29, 1.82) is 0 Å². The molecule has 1 unspecified atom stereocenters. The smallest absolute Gasteiger partial charge is 0.295 e. The highest BCUT2D eigenvalue weighted by molar-refractivity contribution is 6.46. The third kappa shape index (κ3) is 4.67. The fraction of sp³-hybridized carbons (Fsp3) is 0.360. The summed E-state index contributed by atoms with van der Waals surface area (Å²) < 4.78 is 20.3. The maximum absolute atomic E-state index is 14.8. The van der Waals surface area contributed by atoms with E-state index in [1.54, 1.807) is 36.4 Å². The average molecular weight is 441 g/mol. The van der Waals surface area contributed by atoms with Gasteiger partial charge in [-0.05, 0) is 70.7 Å². The zero-order valence-electron chi connectivity index (χ0n) is 18.9. The number of likely N-dealkylation sites (tertiary alicyclic amines) is 1. The number of halogens is 1. The molecule has 1 saturated heterocycles. The van der Waals surface area contributed by atoms with Crippen molar-refractivity contribution in [3.8, 4) is 5.75 Å². The predicted octanol–water partition coefficient (Wildman–Crippen LogP) is 3.91. The molecule has 1 atom stereocenters. The molecule has 2 aromatic carbocycles. The molecule has 0 bridgehead atoms. The van der Waals surface area contributed by atoms with Gasteiger partial charge in [-0.3, -0.25) is 9.59 Å². The molecule has 0 spiro atoms. The third-order valence-electron chi connectivity index (χ3n) is 5.49. The number of nitrogens with zero attached hydrogens (tertiary/aromatic N) is 2. The molecule has 0 aliphatic carbocycles. The van der Waals surface area contributed by atoms with Gasteiger partial charge in [0.2, 0.25) is 0 Å². The number of aryl methyl sites for hydroxylation is 1. The summed E-state index contributed by atoms with van der Waals surface area (Å²) in [5.41, 5.74) is 1.23. The van der Waals surface area contributed by atoms with E-state index in [2.05, 4.69) is 0 Å². The van der Waals surface area contributed by atoms with Crippen molar-refractivity contribution in [2.75, 3.05) is 33.8 Å². The second-order valence-corrected chi connectivity index (χ2v) is 8.08. The van der Waals surface area contributed by atoms with Gasteiger partial charge in [-0.25, -0.2) is 4.39 Å². The number of ether oxygens (including phenoxy) is 1. The SMILES string of the molecule is CCOc1ccc(C(O)=C2C(=O)C(=O)N(CCCN(C)C)C2c2ccccc2F)cc1C. The molecule has 1 fully saturated rings. The molecule has 1 amide bonds. The first-order valence-corrected chi connectivity index (χ1v) is 10.7. The van der Waals surface area contributed by atoms with Crippen LogP contribution >= 0.6 is 0 Å². The summed E-state index contributed by atoms with van der Waals surface area (Å²) in [6, 6.07) is 10.1. The number of carbonyl (C=O) groups is 2. The van der Waals surface area contributed by atoms with E-state index in [-0.39, 0.29) is 23.4 Å². The second kappa shape index (κ2) is 9.96. The van der Waals surface area contributed by atoms with E-state index in [1.807, 2.05) is 32.8 Å². The van der Waals surface area contributed by atoms with Crippen LogP contribution in [0.5, 0.6) is 5.75 Å². The van der Waals surface area contributed by atoms with Gasteiger partial charge in [0.05, 0.1) is 18.2 Å². The summed E-state index contributed by atoms with van der Waals surface area (Å²) in [5.74, 6) is -1.74. The Balaban J connectivity index is 2.11.